The molecule has 0 aliphatic carbocycles. The van der Waals surface area contributed by atoms with Crippen molar-refractivity contribution >= 4 is 62.7 Å². The minimum absolute atomic E-state index is 0.133. The summed E-state index contributed by atoms with van der Waals surface area (Å²) in [5.74, 6) is 0.603. The molecule has 1 aliphatic heterocycles. The maximum absolute atomic E-state index is 13.0. The van der Waals surface area contributed by atoms with E-state index in [4.69, 9.17) is 21.7 Å². The summed E-state index contributed by atoms with van der Waals surface area (Å²) in [7, 11) is 3.08. The van der Waals surface area contributed by atoms with Gasteiger partial charge in [-0.25, -0.2) is 4.98 Å². The number of aromatic nitrogens is 1. The van der Waals surface area contributed by atoms with Crippen LogP contribution in [-0.4, -0.2) is 46.8 Å². The SMILES string of the molecule is COc1ccc(/C=C2\SC(=S)N(CCCC(=O)Nc3ncc(Cc4cccc(C(F)(F)F)c4)s3)C2=O)cc1OC. The molecule has 2 aromatic carbocycles. The van der Waals surface area contributed by atoms with Crippen molar-refractivity contribution in [2.45, 2.75) is 25.4 Å². The number of anilines is 1. The van der Waals surface area contributed by atoms with Crippen molar-refractivity contribution in [2.75, 3.05) is 26.1 Å². The summed E-state index contributed by atoms with van der Waals surface area (Å²) >= 11 is 7.77. The van der Waals surface area contributed by atoms with Crippen LogP contribution in [0.25, 0.3) is 6.08 Å². The molecule has 0 unspecified atom stereocenters. The Morgan fingerprint density at radius 1 is 1.15 bits per heavy atom. The van der Waals surface area contributed by atoms with Gasteiger partial charge in [-0.15, -0.1) is 11.3 Å². The van der Waals surface area contributed by atoms with Crippen LogP contribution in [0, 0.1) is 0 Å². The third kappa shape index (κ3) is 7.40. The maximum Gasteiger partial charge on any atom is 0.416 e. The van der Waals surface area contributed by atoms with Gasteiger partial charge in [0.15, 0.2) is 16.6 Å². The van der Waals surface area contributed by atoms with Gasteiger partial charge in [-0.2, -0.15) is 13.2 Å². The number of thiazole rings is 1. The summed E-state index contributed by atoms with van der Waals surface area (Å²) in [5.41, 5.74) is 0.550. The number of carbonyl (C=O) groups excluding carboxylic acids is 2. The first kappa shape index (κ1) is 29.6. The van der Waals surface area contributed by atoms with Crippen molar-refractivity contribution in [3.05, 3.63) is 75.1 Å². The number of benzene rings is 2. The van der Waals surface area contributed by atoms with Crippen LogP contribution in [-0.2, 0) is 22.2 Å². The summed E-state index contributed by atoms with van der Waals surface area (Å²) in [6.45, 7) is 0.278. The van der Waals surface area contributed by atoms with Gasteiger partial charge < -0.3 is 14.8 Å². The molecule has 1 saturated heterocycles. The zero-order chi connectivity index (χ0) is 28.9. The number of ether oxygens (including phenoxy) is 2. The van der Waals surface area contributed by atoms with Crippen LogP contribution in [0.5, 0.6) is 11.5 Å². The van der Waals surface area contributed by atoms with Crippen LogP contribution in [0.1, 0.15) is 34.4 Å². The third-order valence-electron chi connectivity index (χ3n) is 5.80. The molecule has 2 heterocycles. The molecule has 1 N–H and O–H groups in total. The maximum atomic E-state index is 13.0. The van der Waals surface area contributed by atoms with E-state index in [1.54, 1.807) is 31.4 Å². The first-order chi connectivity index (χ1) is 19.1. The topological polar surface area (TPSA) is 80.8 Å². The number of thioether (sulfide) groups is 1. The number of thiocarbonyl (C=S) groups is 1. The number of hydrogen-bond donors (Lipinski definition) is 1. The second-order valence-electron chi connectivity index (χ2n) is 8.61. The molecule has 0 atom stereocenters. The summed E-state index contributed by atoms with van der Waals surface area (Å²) in [6.07, 6.45) is -0.367. The van der Waals surface area contributed by atoms with Gasteiger partial charge >= 0.3 is 6.18 Å². The lowest BCUT2D eigenvalue weighted by Crippen LogP contribution is -2.29. The molecular formula is C27H24F3N3O4S3. The number of rotatable bonds is 10. The second kappa shape index (κ2) is 12.8. The van der Waals surface area contributed by atoms with Crippen molar-refractivity contribution in [3.8, 4) is 11.5 Å². The van der Waals surface area contributed by atoms with Gasteiger partial charge in [0.05, 0.1) is 24.7 Å². The number of halogens is 3. The normalized spacial score (nSPS) is 14.6. The molecule has 40 heavy (non-hydrogen) atoms. The van der Waals surface area contributed by atoms with E-state index in [1.807, 2.05) is 6.07 Å². The summed E-state index contributed by atoms with van der Waals surface area (Å²) in [5, 5.41) is 3.06. The van der Waals surface area contributed by atoms with Crippen molar-refractivity contribution < 1.29 is 32.2 Å². The van der Waals surface area contributed by atoms with Crippen molar-refractivity contribution in [3.63, 3.8) is 0 Å². The number of methoxy groups -OCH3 is 2. The van der Waals surface area contributed by atoms with Crippen LogP contribution in [0.15, 0.2) is 53.6 Å². The Kier molecular flexibility index (Phi) is 9.48. The fourth-order valence-electron chi connectivity index (χ4n) is 3.87. The highest BCUT2D eigenvalue weighted by Crippen LogP contribution is 2.35. The molecule has 0 bridgehead atoms. The summed E-state index contributed by atoms with van der Waals surface area (Å²) in [6, 6.07) is 10.4. The number of amides is 2. The molecule has 1 fully saturated rings. The zero-order valence-corrected chi connectivity index (χ0v) is 23.9. The molecule has 3 aromatic rings. The molecule has 0 saturated carbocycles. The van der Waals surface area contributed by atoms with Crippen LogP contribution in [0.2, 0.25) is 0 Å². The van der Waals surface area contributed by atoms with E-state index in [0.29, 0.717) is 42.7 Å². The minimum Gasteiger partial charge on any atom is -0.493 e. The Morgan fingerprint density at radius 3 is 2.65 bits per heavy atom. The lowest BCUT2D eigenvalue weighted by Gasteiger charge is -2.13. The average molecular weight is 608 g/mol. The minimum atomic E-state index is -4.41. The third-order valence-corrected chi connectivity index (χ3v) is 8.09. The Balaban J connectivity index is 1.28. The molecule has 2 amide bonds. The molecule has 0 radical (unpaired) electrons. The summed E-state index contributed by atoms with van der Waals surface area (Å²) < 4.78 is 49.8. The fraction of sp³-hybridized carbons (Fsp3) is 0.259. The molecular weight excluding hydrogens is 584 g/mol. The molecule has 210 valence electrons. The van der Waals surface area contributed by atoms with Crippen LogP contribution < -0.4 is 14.8 Å². The van der Waals surface area contributed by atoms with E-state index in [9.17, 15) is 22.8 Å². The number of nitrogens with zero attached hydrogens (tertiary/aromatic N) is 2. The van der Waals surface area contributed by atoms with E-state index < -0.39 is 11.7 Å². The van der Waals surface area contributed by atoms with E-state index in [0.717, 1.165) is 17.7 Å². The molecule has 1 aromatic heterocycles. The number of hydrogen-bond acceptors (Lipinski definition) is 8. The van der Waals surface area contributed by atoms with E-state index in [2.05, 4.69) is 10.3 Å². The predicted molar refractivity (Wildman–Crippen MR) is 154 cm³/mol. The Labute approximate surface area is 242 Å². The fourth-order valence-corrected chi connectivity index (χ4v) is 6.04. The highest BCUT2D eigenvalue weighted by atomic mass is 32.2. The first-order valence-electron chi connectivity index (χ1n) is 12.0. The molecule has 1 aliphatic rings. The predicted octanol–water partition coefficient (Wildman–Crippen LogP) is 6.39. The van der Waals surface area contributed by atoms with Crippen LogP contribution in [0.4, 0.5) is 18.3 Å². The molecule has 4 rings (SSSR count). The van der Waals surface area contributed by atoms with Crippen molar-refractivity contribution in [1.82, 2.24) is 9.88 Å². The van der Waals surface area contributed by atoms with Gasteiger partial charge in [0.1, 0.15) is 4.32 Å². The largest absolute Gasteiger partial charge is 0.493 e. The highest BCUT2D eigenvalue weighted by molar-refractivity contribution is 8.26. The monoisotopic (exact) mass is 607 g/mol. The highest BCUT2D eigenvalue weighted by Gasteiger charge is 2.32. The lowest BCUT2D eigenvalue weighted by atomic mass is 10.1. The van der Waals surface area contributed by atoms with Gasteiger partial charge in [0.25, 0.3) is 5.91 Å². The second-order valence-corrected chi connectivity index (χ2v) is 11.4. The smallest absolute Gasteiger partial charge is 0.416 e. The molecule has 7 nitrogen and oxygen atoms in total. The summed E-state index contributed by atoms with van der Waals surface area (Å²) in [4.78, 5) is 32.2. The Morgan fingerprint density at radius 2 is 1.93 bits per heavy atom. The lowest BCUT2D eigenvalue weighted by molar-refractivity contribution is -0.137. The number of carbonyl (C=O) groups is 2. The molecule has 13 heteroatoms. The number of alkyl halides is 3. The standard InChI is InChI=1S/C27H24F3N3O4S3/c1-36-20-9-8-17(13-21(20)37-2)14-22-24(35)33(26(38)40-22)10-4-7-23(34)32-25-31-15-19(39-25)12-16-5-3-6-18(11-16)27(28,29)30/h3,5-6,8-9,11,13-15H,4,7,10,12H2,1-2H3,(H,31,32,34)/b22-14-. The van der Waals surface area contributed by atoms with Gasteiger partial charge in [0, 0.05) is 30.5 Å². The van der Waals surface area contributed by atoms with Crippen molar-refractivity contribution in [2.24, 2.45) is 0 Å². The quantitative estimate of drug-likeness (QED) is 0.211. The van der Waals surface area contributed by atoms with Crippen molar-refractivity contribution in [1.29, 1.82) is 0 Å². The average Bonchev–Trinajstić information content (AvgIpc) is 3.46. The van der Waals surface area contributed by atoms with E-state index in [-0.39, 0.29) is 31.2 Å². The number of nitrogens with one attached hydrogen (secondary N) is 1. The van der Waals surface area contributed by atoms with E-state index >= 15 is 0 Å². The first-order valence-corrected chi connectivity index (χ1v) is 14.0. The molecule has 0 spiro atoms. The van der Waals surface area contributed by atoms with Gasteiger partial charge in [0.2, 0.25) is 5.91 Å². The van der Waals surface area contributed by atoms with Gasteiger partial charge in [-0.05, 0) is 41.8 Å². The van der Waals surface area contributed by atoms with Gasteiger partial charge in [-0.1, -0.05) is 48.2 Å². The Bertz CT molecular complexity index is 1460. The Hall–Kier alpha value is -3.42. The van der Waals surface area contributed by atoms with Crippen LogP contribution >= 0.6 is 35.3 Å². The van der Waals surface area contributed by atoms with Gasteiger partial charge in [-0.3, -0.25) is 14.5 Å². The zero-order valence-electron chi connectivity index (χ0n) is 21.4. The van der Waals surface area contributed by atoms with Crippen LogP contribution in [0.3, 0.4) is 0 Å². The van der Waals surface area contributed by atoms with E-state index in [1.165, 1.54) is 47.4 Å².